The summed E-state index contributed by atoms with van der Waals surface area (Å²) in [6.07, 6.45) is 1.77. The van der Waals surface area contributed by atoms with Gasteiger partial charge in [0.2, 0.25) is 0 Å². The second kappa shape index (κ2) is 6.39. The van der Waals surface area contributed by atoms with Gasteiger partial charge < -0.3 is 19.0 Å². The number of likely N-dealkylation sites (tertiary alicyclic amines) is 2. The summed E-state index contributed by atoms with van der Waals surface area (Å²) in [6, 6.07) is 5.47. The van der Waals surface area contributed by atoms with Crippen molar-refractivity contribution in [3.63, 3.8) is 0 Å². The molecule has 2 aromatic rings. The normalized spacial score (nSPS) is 21.8. The Morgan fingerprint density at radius 2 is 2.15 bits per heavy atom. The predicted molar refractivity (Wildman–Crippen MR) is 101 cm³/mol. The molecule has 0 radical (unpaired) electrons. The number of aromatic nitrogens is 1. The monoisotopic (exact) mass is 419 g/mol. The SMILES string of the molecule is COc1ccc(Br)c(C(=O)N2CC3(CN(C)CC3c3ncc(C)o3)C2)c1. The first kappa shape index (κ1) is 17.5. The molecule has 0 aliphatic carbocycles. The lowest BCUT2D eigenvalue weighted by molar-refractivity contribution is 0.000420. The van der Waals surface area contributed by atoms with Gasteiger partial charge in [-0.25, -0.2) is 4.98 Å². The summed E-state index contributed by atoms with van der Waals surface area (Å²) >= 11 is 3.48. The van der Waals surface area contributed by atoms with E-state index >= 15 is 0 Å². The molecule has 4 rings (SSSR count). The number of halogens is 1. The van der Waals surface area contributed by atoms with Crippen molar-refractivity contribution in [2.24, 2.45) is 5.41 Å². The summed E-state index contributed by atoms with van der Waals surface area (Å²) < 4.78 is 11.9. The minimum atomic E-state index is 0.0209. The predicted octanol–water partition coefficient (Wildman–Crippen LogP) is 2.93. The van der Waals surface area contributed by atoms with Crippen LogP contribution in [0.3, 0.4) is 0 Å². The molecule has 1 amide bonds. The third-order valence-electron chi connectivity index (χ3n) is 5.46. The Labute approximate surface area is 161 Å². The summed E-state index contributed by atoms with van der Waals surface area (Å²) in [5, 5.41) is 0. The zero-order valence-corrected chi connectivity index (χ0v) is 16.7. The van der Waals surface area contributed by atoms with Crippen LogP contribution >= 0.6 is 15.9 Å². The number of benzene rings is 1. The molecule has 7 heteroatoms. The smallest absolute Gasteiger partial charge is 0.255 e. The van der Waals surface area contributed by atoms with Crippen molar-refractivity contribution >= 4 is 21.8 Å². The number of oxazole rings is 1. The molecule has 1 unspecified atom stereocenters. The minimum absolute atomic E-state index is 0.0209. The van der Waals surface area contributed by atoms with Crippen LogP contribution in [-0.4, -0.2) is 61.0 Å². The van der Waals surface area contributed by atoms with Crippen LogP contribution in [0.2, 0.25) is 0 Å². The first-order valence-corrected chi connectivity index (χ1v) is 9.45. The highest BCUT2D eigenvalue weighted by molar-refractivity contribution is 9.10. The van der Waals surface area contributed by atoms with Crippen molar-refractivity contribution in [2.75, 3.05) is 40.3 Å². The average Bonchev–Trinajstić information content (AvgIpc) is 3.16. The van der Waals surface area contributed by atoms with E-state index in [-0.39, 0.29) is 17.2 Å². The molecule has 1 spiro atoms. The average molecular weight is 420 g/mol. The van der Waals surface area contributed by atoms with Crippen molar-refractivity contribution in [3.05, 3.63) is 46.1 Å². The van der Waals surface area contributed by atoms with Crippen molar-refractivity contribution < 1.29 is 13.9 Å². The summed E-state index contributed by atoms with van der Waals surface area (Å²) in [4.78, 5) is 21.6. The van der Waals surface area contributed by atoms with Gasteiger partial charge in [-0.15, -0.1) is 0 Å². The molecular weight excluding hydrogens is 398 g/mol. The fourth-order valence-electron chi connectivity index (χ4n) is 4.23. The van der Waals surface area contributed by atoms with Gasteiger partial charge in [-0.1, -0.05) is 0 Å². The minimum Gasteiger partial charge on any atom is -0.497 e. The van der Waals surface area contributed by atoms with Gasteiger partial charge in [-0.05, 0) is 48.1 Å². The van der Waals surface area contributed by atoms with Gasteiger partial charge in [-0.3, -0.25) is 4.79 Å². The fraction of sp³-hybridized carbons (Fsp3) is 0.474. The van der Waals surface area contributed by atoms with Gasteiger partial charge in [0.05, 0.1) is 24.8 Å². The number of aryl methyl sites for hydroxylation is 1. The van der Waals surface area contributed by atoms with Crippen LogP contribution in [0.1, 0.15) is 27.9 Å². The van der Waals surface area contributed by atoms with Crippen molar-refractivity contribution in [2.45, 2.75) is 12.8 Å². The van der Waals surface area contributed by atoms with Crippen LogP contribution in [0.4, 0.5) is 0 Å². The van der Waals surface area contributed by atoms with Crippen LogP contribution in [0.25, 0.3) is 0 Å². The highest BCUT2D eigenvalue weighted by atomic mass is 79.9. The third kappa shape index (κ3) is 2.83. The molecular formula is C19H22BrN3O3. The Hall–Kier alpha value is -1.86. The first-order chi connectivity index (χ1) is 12.4. The molecule has 2 aliphatic heterocycles. The number of methoxy groups -OCH3 is 1. The number of likely N-dealkylation sites (N-methyl/N-ethyl adjacent to an activating group) is 1. The molecule has 0 N–H and O–H groups in total. The molecule has 2 fully saturated rings. The van der Waals surface area contributed by atoms with E-state index in [9.17, 15) is 4.79 Å². The number of carbonyl (C=O) groups is 1. The lowest BCUT2D eigenvalue weighted by Crippen LogP contribution is -2.61. The Morgan fingerprint density at radius 3 is 2.81 bits per heavy atom. The molecule has 0 saturated carbocycles. The van der Waals surface area contributed by atoms with Crippen LogP contribution in [0.15, 0.2) is 33.3 Å². The Kier molecular flexibility index (Phi) is 4.31. The molecule has 1 atom stereocenters. The third-order valence-corrected chi connectivity index (χ3v) is 6.15. The quantitative estimate of drug-likeness (QED) is 0.765. The topological polar surface area (TPSA) is 58.8 Å². The van der Waals surface area contributed by atoms with Gasteiger partial charge in [0.25, 0.3) is 5.91 Å². The van der Waals surface area contributed by atoms with E-state index in [1.807, 2.05) is 24.0 Å². The summed E-state index contributed by atoms with van der Waals surface area (Å²) in [7, 11) is 3.72. The van der Waals surface area contributed by atoms with E-state index < -0.39 is 0 Å². The van der Waals surface area contributed by atoms with E-state index in [2.05, 4.69) is 32.9 Å². The zero-order chi connectivity index (χ0) is 18.5. The number of amides is 1. The molecule has 2 aliphatic rings. The van der Waals surface area contributed by atoms with Crippen LogP contribution in [-0.2, 0) is 0 Å². The molecule has 138 valence electrons. The summed E-state index contributed by atoms with van der Waals surface area (Å²) in [6.45, 7) is 5.20. The van der Waals surface area contributed by atoms with E-state index in [0.29, 0.717) is 24.4 Å². The number of ether oxygens (including phenoxy) is 1. The Balaban J connectivity index is 1.54. The van der Waals surface area contributed by atoms with E-state index in [0.717, 1.165) is 29.2 Å². The number of nitrogens with zero attached hydrogens (tertiary/aromatic N) is 3. The van der Waals surface area contributed by atoms with E-state index in [1.165, 1.54) is 0 Å². The van der Waals surface area contributed by atoms with E-state index in [4.69, 9.17) is 9.15 Å². The first-order valence-electron chi connectivity index (χ1n) is 8.65. The fourth-order valence-corrected chi connectivity index (χ4v) is 4.65. The molecule has 26 heavy (non-hydrogen) atoms. The van der Waals surface area contributed by atoms with E-state index in [1.54, 1.807) is 19.4 Å². The van der Waals surface area contributed by atoms with Gasteiger partial charge in [0, 0.05) is 36.1 Å². The van der Waals surface area contributed by atoms with Crippen LogP contribution < -0.4 is 4.74 Å². The Bertz CT molecular complexity index is 844. The molecule has 6 nitrogen and oxygen atoms in total. The molecule has 3 heterocycles. The standard InChI is InChI=1S/C19H22BrN3O3/c1-12-7-21-17(26-12)15-8-22(2)9-19(15)10-23(11-19)18(24)14-6-13(25-3)4-5-16(14)20/h4-7,15H,8-11H2,1-3H3. The van der Waals surface area contributed by atoms with Crippen molar-refractivity contribution in [1.29, 1.82) is 0 Å². The van der Waals surface area contributed by atoms with Crippen LogP contribution in [0, 0.1) is 12.3 Å². The van der Waals surface area contributed by atoms with Gasteiger partial charge in [0.15, 0.2) is 5.89 Å². The van der Waals surface area contributed by atoms with Crippen molar-refractivity contribution in [3.8, 4) is 5.75 Å². The maximum absolute atomic E-state index is 13.0. The largest absolute Gasteiger partial charge is 0.497 e. The maximum atomic E-state index is 13.0. The number of hydrogen-bond acceptors (Lipinski definition) is 5. The van der Waals surface area contributed by atoms with Gasteiger partial charge in [0.1, 0.15) is 11.5 Å². The molecule has 2 saturated heterocycles. The van der Waals surface area contributed by atoms with Gasteiger partial charge >= 0.3 is 0 Å². The second-order valence-corrected chi connectivity index (χ2v) is 8.28. The maximum Gasteiger partial charge on any atom is 0.255 e. The van der Waals surface area contributed by atoms with Crippen molar-refractivity contribution in [1.82, 2.24) is 14.8 Å². The summed E-state index contributed by atoms with van der Waals surface area (Å²) in [5.74, 6) is 2.55. The van der Waals surface area contributed by atoms with Crippen LogP contribution in [0.5, 0.6) is 5.75 Å². The molecule has 0 bridgehead atoms. The number of carbonyl (C=O) groups excluding carboxylic acids is 1. The molecule has 1 aromatic heterocycles. The zero-order valence-electron chi connectivity index (χ0n) is 15.2. The lowest BCUT2D eigenvalue weighted by atomic mass is 9.71. The summed E-state index contributed by atoms with van der Waals surface area (Å²) in [5.41, 5.74) is 0.654. The highest BCUT2D eigenvalue weighted by Crippen LogP contribution is 2.49. The van der Waals surface area contributed by atoms with Gasteiger partial charge in [-0.2, -0.15) is 0 Å². The second-order valence-electron chi connectivity index (χ2n) is 7.43. The lowest BCUT2D eigenvalue weighted by Gasteiger charge is -2.50. The highest BCUT2D eigenvalue weighted by Gasteiger charge is 2.56. The number of hydrogen-bond donors (Lipinski definition) is 0. The number of rotatable bonds is 3. The Morgan fingerprint density at radius 1 is 1.38 bits per heavy atom. The molecule has 1 aromatic carbocycles.